The van der Waals surface area contributed by atoms with Crippen LogP contribution in [0.4, 0.5) is 10.1 Å². The van der Waals surface area contributed by atoms with E-state index in [2.05, 4.69) is 9.71 Å². The fraction of sp³-hybridized carbons (Fsp3) is 0.167. The van der Waals surface area contributed by atoms with E-state index in [0.29, 0.717) is 17.6 Å². The summed E-state index contributed by atoms with van der Waals surface area (Å²) in [5, 5.41) is -0.542. The molecule has 4 rings (SSSR count). The number of hydrogen-bond donors (Lipinski definition) is 1. The van der Waals surface area contributed by atoms with Crippen LogP contribution >= 0.6 is 23.2 Å². The highest BCUT2D eigenvalue weighted by atomic mass is 35.5. The number of hydrogen-bond acceptors (Lipinski definition) is 4. The van der Waals surface area contributed by atoms with Gasteiger partial charge in [0.2, 0.25) is 0 Å². The maximum Gasteiger partial charge on any atom is 0.261 e. The first-order valence-corrected chi connectivity index (χ1v) is 10.3. The molecule has 1 aromatic heterocycles. The molecule has 0 unspecified atom stereocenters. The van der Waals surface area contributed by atoms with Crippen LogP contribution in [0.5, 0.6) is 0 Å². The number of nitrogens with zero attached hydrogens (tertiary/aromatic N) is 1. The lowest BCUT2D eigenvalue weighted by Gasteiger charge is -2.10. The summed E-state index contributed by atoms with van der Waals surface area (Å²) in [7, 11) is -3.89. The van der Waals surface area contributed by atoms with Gasteiger partial charge in [-0.2, -0.15) is 0 Å². The van der Waals surface area contributed by atoms with Crippen LogP contribution in [0.25, 0.3) is 11.3 Å². The van der Waals surface area contributed by atoms with Gasteiger partial charge in [-0.15, -0.1) is 0 Å². The van der Waals surface area contributed by atoms with E-state index in [-0.39, 0.29) is 20.6 Å². The molecule has 5 nitrogen and oxygen atoms in total. The Hall–Kier alpha value is -2.09. The van der Waals surface area contributed by atoms with Crippen molar-refractivity contribution in [2.24, 2.45) is 0 Å². The topological polar surface area (TPSA) is 72.2 Å². The second kappa shape index (κ2) is 6.82. The minimum atomic E-state index is -3.89. The number of benzene rings is 2. The first-order chi connectivity index (χ1) is 12.8. The van der Waals surface area contributed by atoms with Gasteiger partial charge in [-0.1, -0.05) is 23.2 Å². The average molecular weight is 427 g/mol. The molecule has 0 saturated heterocycles. The van der Waals surface area contributed by atoms with Gasteiger partial charge in [0.25, 0.3) is 10.0 Å². The number of oxazole rings is 1. The van der Waals surface area contributed by atoms with Gasteiger partial charge in [0.1, 0.15) is 0 Å². The van der Waals surface area contributed by atoms with Gasteiger partial charge < -0.3 is 4.42 Å². The Morgan fingerprint density at radius 1 is 1.11 bits per heavy atom. The van der Waals surface area contributed by atoms with Crippen LogP contribution in [-0.2, 0) is 10.0 Å². The van der Waals surface area contributed by atoms with Gasteiger partial charge >= 0.3 is 0 Å². The third-order valence-corrected chi connectivity index (χ3v) is 6.08. The SMILES string of the molecule is O=S(=O)(Nc1cc(Cl)c(F)c(Cl)c1)c1ccc(-c2cnc(C3CC3)o2)cc1. The molecule has 0 bridgehead atoms. The number of sulfonamides is 1. The van der Waals surface area contributed by atoms with E-state index in [4.69, 9.17) is 27.6 Å². The van der Waals surface area contributed by atoms with E-state index in [9.17, 15) is 12.8 Å². The predicted octanol–water partition coefficient (Wildman–Crippen LogP) is 5.47. The van der Waals surface area contributed by atoms with Crippen molar-refractivity contribution in [3.63, 3.8) is 0 Å². The zero-order chi connectivity index (χ0) is 19.2. The van der Waals surface area contributed by atoms with Crippen molar-refractivity contribution < 1.29 is 17.2 Å². The molecule has 1 fully saturated rings. The minimum Gasteiger partial charge on any atom is -0.440 e. The molecule has 0 aliphatic heterocycles. The largest absolute Gasteiger partial charge is 0.440 e. The van der Waals surface area contributed by atoms with E-state index in [0.717, 1.165) is 30.5 Å². The Balaban J connectivity index is 1.56. The van der Waals surface area contributed by atoms with Gasteiger partial charge in [-0.25, -0.2) is 17.8 Å². The highest BCUT2D eigenvalue weighted by Crippen LogP contribution is 2.40. The molecule has 0 amide bonds. The number of rotatable bonds is 5. The zero-order valence-corrected chi connectivity index (χ0v) is 16.1. The Labute approximate surface area is 165 Å². The standard InChI is InChI=1S/C18H13Cl2FN2O3S/c19-14-7-12(8-15(20)17(14)21)23-27(24,25)13-5-3-10(4-6-13)16-9-22-18(26-16)11-1-2-11/h3-9,11,23H,1-2H2. The summed E-state index contributed by atoms with van der Waals surface area (Å²) in [5.41, 5.74) is 0.793. The molecule has 1 N–H and O–H groups in total. The minimum absolute atomic E-state index is 0.0322. The van der Waals surface area contributed by atoms with Crippen LogP contribution in [0.3, 0.4) is 0 Å². The summed E-state index contributed by atoms with van der Waals surface area (Å²) < 4.78 is 46.6. The van der Waals surface area contributed by atoms with E-state index >= 15 is 0 Å². The molecule has 2 aromatic carbocycles. The molecule has 9 heteroatoms. The Bertz CT molecular complexity index is 1090. The Morgan fingerprint density at radius 2 is 1.74 bits per heavy atom. The quantitative estimate of drug-likeness (QED) is 0.549. The van der Waals surface area contributed by atoms with Gasteiger partial charge in [-0.3, -0.25) is 4.72 Å². The lowest BCUT2D eigenvalue weighted by molar-refractivity contribution is 0.509. The summed E-state index contributed by atoms with van der Waals surface area (Å²) >= 11 is 11.4. The summed E-state index contributed by atoms with van der Waals surface area (Å²) in [6, 6.07) is 8.48. The Morgan fingerprint density at radius 3 is 2.33 bits per heavy atom. The van der Waals surface area contributed by atoms with Crippen LogP contribution in [0.1, 0.15) is 24.7 Å². The van der Waals surface area contributed by atoms with E-state index < -0.39 is 15.8 Å². The van der Waals surface area contributed by atoms with Crippen LogP contribution in [-0.4, -0.2) is 13.4 Å². The van der Waals surface area contributed by atoms with Gasteiger partial charge in [0.15, 0.2) is 17.5 Å². The van der Waals surface area contributed by atoms with Crippen molar-refractivity contribution in [1.82, 2.24) is 4.98 Å². The smallest absolute Gasteiger partial charge is 0.261 e. The van der Waals surface area contributed by atoms with Crippen LogP contribution in [0.2, 0.25) is 10.0 Å². The van der Waals surface area contributed by atoms with Gasteiger partial charge in [0.05, 0.1) is 26.8 Å². The van der Waals surface area contributed by atoms with Crippen molar-refractivity contribution >= 4 is 38.9 Å². The lowest BCUT2D eigenvalue weighted by Crippen LogP contribution is -2.13. The molecule has 1 aliphatic carbocycles. The highest BCUT2D eigenvalue weighted by molar-refractivity contribution is 7.92. The molecule has 27 heavy (non-hydrogen) atoms. The van der Waals surface area contributed by atoms with E-state index in [1.165, 1.54) is 12.1 Å². The van der Waals surface area contributed by atoms with E-state index in [1.54, 1.807) is 18.3 Å². The molecule has 3 aromatic rings. The van der Waals surface area contributed by atoms with Gasteiger partial charge in [0, 0.05) is 11.5 Å². The van der Waals surface area contributed by atoms with Crippen LogP contribution in [0.15, 0.2) is 51.9 Å². The molecule has 140 valence electrons. The van der Waals surface area contributed by atoms with Crippen LogP contribution < -0.4 is 4.72 Å². The molecule has 0 atom stereocenters. The first kappa shape index (κ1) is 18.3. The number of aromatic nitrogens is 1. The number of anilines is 1. The summed E-state index contributed by atoms with van der Waals surface area (Å²) in [6.07, 6.45) is 3.80. The van der Waals surface area contributed by atoms with Crippen molar-refractivity contribution in [1.29, 1.82) is 0 Å². The lowest BCUT2D eigenvalue weighted by atomic mass is 10.2. The van der Waals surface area contributed by atoms with Gasteiger partial charge in [-0.05, 0) is 49.2 Å². The summed E-state index contributed by atoms with van der Waals surface area (Å²) in [6.45, 7) is 0. The predicted molar refractivity (Wildman–Crippen MR) is 101 cm³/mol. The molecule has 1 aliphatic rings. The zero-order valence-electron chi connectivity index (χ0n) is 13.7. The molecule has 0 radical (unpaired) electrons. The molecule has 0 spiro atoms. The second-order valence-electron chi connectivity index (χ2n) is 6.22. The van der Waals surface area contributed by atoms with Crippen molar-refractivity contribution in [3.05, 3.63) is 64.3 Å². The average Bonchev–Trinajstić information content (AvgIpc) is 3.36. The van der Waals surface area contributed by atoms with Crippen molar-refractivity contribution in [2.75, 3.05) is 4.72 Å². The molecular weight excluding hydrogens is 414 g/mol. The van der Waals surface area contributed by atoms with Crippen molar-refractivity contribution in [2.45, 2.75) is 23.7 Å². The summed E-state index contributed by atoms with van der Waals surface area (Å²) in [5.74, 6) is 0.902. The summed E-state index contributed by atoms with van der Waals surface area (Å²) in [4.78, 5) is 4.28. The van der Waals surface area contributed by atoms with Crippen molar-refractivity contribution in [3.8, 4) is 11.3 Å². The molecule has 1 saturated carbocycles. The normalized spacial score (nSPS) is 14.3. The Kier molecular flexibility index (Phi) is 4.61. The molecular formula is C18H13Cl2FN2O3S. The molecule has 1 heterocycles. The maximum atomic E-state index is 13.5. The maximum absolute atomic E-state index is 13.5. The highest BCUT2D eigenvalue weighted by Gasteiger charge is 2.28. The van der Waals surface area contributed by atoms with E-state index in [1.807, 2.05) is 0 Å². The fourth-order valence-corrected chi connectivity index (χ4v) is 4.09. The fourth-order valence-electron chi connectivity index (χ4n) is 2.57. The number of halogens is 3. The third kappa shape index (κ3) is 3.81. The van der Waals surface area contributed by atoms with Crippen LogP contribution in [0, 0.1) is 5.82 Å². The first-order valence-electron chi connectivity index (χ1n) is 8.07. The third-order valence-electron chi connectivity index (χ3n) is 4.14. The second-order valence-corrected chi connectivity index (χ2v) is 8.72. The monoisotopic (exact) mass is 426 g/mol. The number of nitrogens with one attached hydrogen (secondary N) is 1.